The van der Waals surface area contributed by atoms with E-state index in [1.54, 1.807) is 0 Å². The highest BCUT2D eigenvalue weighted by atomic mass is 32.2. The summed E-state index contributed by atoms with van der Waals surface area (Å²) in [6.45, 7) is 3.79. The Morgan fingerprint density at radius 1 is 1.03 bits per heavy atom. The Balaban J connectivity index is 1.35. The minimum Gasteiger partial charge on any atom is -0.416 e. The molecule has 39 heavy (non-hydrogen) atoms. The van der Waals surface area contributed by atoms with E-state index >= 15 is 0 Å². The first kappa shape index (κ1) is 26.2. The second kappa shape index (κ2) is 12.0. The van der Waals surface area contributed by atoms with Gasteiger partial charge in [0.05, 0.1) is 37.0 Å². The number of carbonyl (C=O) groups is 1. The van der Waals surface area contributed by atoms with Gasteiger partial charge < -0.3 is 28.8 Å². The highest BCUT2D eigenvalue weighted by molar-refractivity contribution is 8.00. The Kier molecular flexibility index (Phi) is 8.03. The highest BCUT2D eigenvalue weighted by Gasteiger charge is 2.27. The van der Waals surface area contributed by atoms with E-state index < -0.39 is 0 Å². The van der Waals surface area contributed by atoms with Crippen molar-refractivity contribution < 1.29 is 19.1 Å². The van der Waals surface area contributed by atoms with E-state index in [0.717, 1.165) is 74.4 Å². The number of anilines is 2. The summed E-state index contributed by atoms with van der Waals surface area (Å²) in [5.41, 5.74) is 4.97. The van der Waals surface area contributed by atoms with Crippen LogP contribution in [0.2, 0.25) is 0 Å². The molecule has 0 saturated carbocycles. The van der Waals surface area contributed by atoms with Crippen molar-refractivity contribution in [1.29, 1.82) is 0 Å². The number of aliphatic hydroxyl groups excluding tert-OH is 1. The van der Waals surface area contributed by atoms with Crippen LogP contribution in [0.4, 0.5) is 11.4 Å². The van der Waals surface area contributed by atoms with Gasteiger partial charge >= 0.3 is 0 Å². The maximum Gasteiger partial charge on any atom is 0.250 e. The number of rotatable bonds is 4. The molecule has 8 bridgehead atoms. The molecule has 1 atom stereocenters. The Morgan fingerprint density at radius 2 is 1.90 bits per heavy atom. The molecule has 4 aliphatic heterocycles. The third kappa shape index (κ3) is 5.92. The average molecular weight is 550 g/mol. The van der Waals surface area contributed by atoms with Crippen LogP contribution in [-0.4, -0.2) is 77.4 Å². The van der Waals surface area contributed by atoms with E-state index in [0.29, 0.717) is 30.6 Å². The molecule has 206 valence electrons. The van der Waals surface area contributed by atoms with Crippen LogP contribution in [0.1, 0.15) is 43.6 Å². The van der Waals surface area contributed by atoms with Gasteiger partial charge in [0.1, 0.15) is 0 Å². The van der Waals surface area contributed by atoms with Gasteiger partial charge in [-0.2, -0.15) is 0 Å². The predicted molar refractivity (Wildman–Crippen MR) is 153 cm³/mol. The van der Waals surface area contributed by atoms with Crippen molar-refractivity contribution in [3.63, 3.8) is 0 Å². The molecule has 3 aromatic rings. The number of aliphatic hydroxyl groups is 1. The molecule has 2 N–H and O–H groups in total. The van der Waals surface area contributed by atoms with Crippen molar-refractivity contribution in [3.8, 4) is 22.9 Å². The van der Waals surface area contributed by atoms with E-state index in [2.05, 4.69) is 38.0 Å². The summed E-state index contributed by atoms with van der Waals surface area (Å²) in [6, 6.07) is 14.4. The van der Waals surface area contributed by atoms with Crippen LogP contribution in [0.25, 0.3) is 22.9 Å². The van der Waals surface area contributed by atoms with Gasteiger partial charge in [0.25, 0.3) is 0 Å². The van der Waals surface area contributed by atoms with Gasteiger partial charge in [0.2, 0.25) is 17.7 Å². The molecule has 1 unspecified atom stereocenters. The van der Waals surface area contributed by atoms with Crippen molar-refractivity contribution >= 4 is 29.2 Å². The molecule has 0 spiro atoms. The monoisotopic (exact) mass is 549 g/mol. The first-order valence-corrected chi connectivity index (χ1v) is 14.9. The zero-order valence-electron chi connectivity index (χ0n) is 22.1. The SMILES string of the molecule is O=C1CCOC2CCN(CC2)c2cc(NSCCO)ccc2-c2nnc(o2)-c2cccc(c2)C2CCCN1C2. The lowest BCUT2D eigenvalue weighted by Crippen LogP contribution is -2.40. The van der Waals surface area contributed by atoms with E-state index in [9.17, 15) is 4.79 Å². The van der Waals surface area contributed by atoms with Crippen LogP contribution < -0.4 is 9.62 Å². The second-order valence-corrected chi connectivity index (χ2v) is 11.3. The quantitative estimate of drug-likeness (QED) is 0.358. The Morgan fingerprint density at radius 3 is 2.77 bits per heavy atom. The van der Waals surface area contributed by atoms with Crippen molar-refractivity contribution in [1.82, 2.24) is 15.1 Å². The van der Waals surface area contributed by atoms with Crippen molar-refractivity contribution in [3.05, 3.63) is 48.0 Å². The third-order valence-corrected chi connectivity index (χ3v) is 8.63. The maximum absolute atomic E-state index is 13.0. The van der Waals surface area contributed by atoms with E-state index in [4.69, 9.17) is 14.3 Å². The second-order valence-electron chi connectivity index (χ2n) is 10.4. The van der Waals surface area contributed by atoms with Crippen molar-refractivity contribution in [2.45, 2.75) is 44.1 Å². The van der Waals surface area contributed by atoms with E-state index in [-0.39, 0.29) is 24.5 Å². The zero-order valence-corrected chi connectivity index (χ0v) is 22.9. The molecule has 10 heteroatoms. The molecule has 1 amide bonds. The largest absolute Gasteiger partial charge is 0.416 e. The van der Waals surface area contributed by atoms with Crippen LogP contribution in [0.15, 0.2) is 46.9 Å². The molecule has 4 aliphatic rings. The summed E-state index contributed by atoms with van der Waals surface area (Å²) in [4.78, 5) is 17.4. The van der Waals surface area contributed by atoms with Crippen molar-refractivity contribution in [2.24, 2.45) is 0 Å². The highest BCUT2D eigenvalue weighted by Crippen LogP contribution is 2.37. The van der Waals surface area contributed by atoms with Gasteiger partial charge in [-0.15, -0.1) is 10.2 Å². The van der Waals surface area contributed by atoms with Crippen LogP contribution in [0.3, 0.4) is 0 Å². The predicted octanol–water partition coefficient (Wildman–Crippen LogP) is 4.55. The number of amides is 1. The van der Waals surface area contributed by atoms with E-state index in [1.165, 1.54) is 17.5 Å². The first-order chi connectivity index (χ1) is 19.2. The fourth-order valence-corrected chi connectivity index (χ4v) is 6.29. The van der Waals surface area contributed by atoms with Gasteiger partial charge in [-0.1, -0.05) is 24.1 Å². The average Bonchev–Trinajstić information content (AvgIpc) is 3.48. The number of nitrogens with one attached hydrogen (secondary N) is 1. The lowest BCUT2D eigenvalue weighted by molar-refractivity contribution is -0.134. The molecule has 0 aliphatic carbocycles. The van der Waals surface area contributed by atoms with Gasteiger partial charge in [-0.25, -0.2) is 0 Å². The maximum atomic E-state index is 13.0. The fourth-order valence-electron chi connectivity index (χ4n) is 5.80. The molecule has 2 fully saturated rings. The summed E-state index contributed by atoms with van der Waals surface area (Å²) in [5, 5.41) is 18.1. The summed E-state index contributed by atoms with van der Waals surface area (Å²) < 4.78 is 15.8. The number of benzene rings is 2. The van der Waals surface area contributed by atoms with Gasteiger partial charge in [0, 0.05) is 49.1 Å². The van der Waals surface area contributed by atoms with Crippen LogP contribution in [0, 0.1) is 0 Å². The Hall–Kier alpha value is -3.08. The van der Waals surface area contributed by atoms with Crippen LogP contribution >= 0.6 is 11.9 Å². The number of nitrogens with zero attached hydrogens (tertiary/aromatic N) is 4. The van der Waals surface area contributed by atoms with E-state index in [1.807, 2.05) is 29.2 Å². The summed E-state index contributed by atoms with van der Waals surface area (Å²) in [7, 11) is 0. The molecule has 0 radical (unpaired) electrons. The molecule has 5 heterocycles. The summed E-state index contributed by atoms with van der Waals surface area (Å²) in [5.74, 6) is 2.05. The summed E-state index contributed by atoms with van der Waals surface area (Å²) in [6.07, 6.45) is 4.40. The Labute approximate surface area is 233 Å². The number of aromatic nitrogens is 2. The zero-order chi connectivity index (χ0) is 26.6. The number of fused-ring (bicyclic) bond motifs is 5. The smallest absolute Gasteiger partial charge is 0.250 e. The summed E-state index contributed by atoms with van der Waals surface area (Å²) >= 11 is 1.47. The molecule has 7 rings (SSSR count). The Bertz CT molecular complexity index is 1290. The van der Waals surface area contributed by atoms with Gasteiger partial charge in [0.15, 0.2) is 0 Å². The normalized spacial score (nSPS) is 21.6. The minimum absolute atomic E-state index is 0.118. The third-order valence-electron chi connectivity index (χ3n) is 7.87. The molecule has 2 saturated heterocycles. The molecular weight excluding hydrogens is 514 g/mol. The van der Waals surface area contributed by atoms with Crippen molar-refractivity contribution in [2.75, 3.05) is 54.8 Å². The lowest BCUT2D eigenvalue weighted by Gasteiger charge is -2.35. The number of hydrogen-bond acceptors (Lipinski definition) is 9. The number of carbonyl (C=O) groups excluding carboxylic acids is 1. The fraction of sp³-hybridized carbons (Fsp3) is 0.483. The van der Waals surface area contributed by atoms with Gasteiger partial charge in [-0.05, 0) is 61.6 Å². The lowest BCUT2D eigenvalue weighted by atomic mass is 9.89. The number of ether oxygens (including phenoxy) is 1. The molecule has 2 aromatic carbocycles. The standard InChI is InChI=1S/C29H35N5O4S/c35-14-16-39-32-23-6-7-25-26(18-23)33-12-8-24(9-13-33)37-15-10-27(36)34-11-2-5-22(19-34)20-3-1-4-21(17-20)28-30-31-29(25)38-28/h1,3-4,6-7,17-18,22,24,32,35H,2,5,8-16,19H2. The molecule has 9 nitrogen and oxygen atoms in total. The topological polar surface area (TPSA) is 104 Å². The minimum atomic E-state index is 0.118. The van der Waals surface area contributed by atoms with Crippen LogP contribution in [-0.2, 0) is 9.53 Å². The first-order valence-electron chi connectivity index (χ1n) is 13.9. The molecular formula is C29H35N5O4S. The van der Waals surface area contributed by atoms with Gasteiger partial charge in [-0.3, -0.25) is 4.79 Å². The number of hydrogen-bond donors (Lipinski definition) is 2. The number of piperidine rings is 2. The van der Waals surface area contributed by atoms with Crippen LogP contribution in [0.5, 0.6) is 0 Å². The molecule has 1 aromatic heterocycles.